The number of rotatable bonds is 3. The summed E-state index contributed by atoms with van der Waals surface area (Å²) >= 11 is 1.72. The Balaban J connectivity index is 1.82. The van der Waals surface area contributed by atoms with Gasteiger partial charge >= 0.3 is 0 Å². The number of hydrogen-bond acceptors (Lipinski definition) is 2. The molecule has 1 heterocycles. The van der Waals surface area contributed by atoms with Crippen molar-refractivity contribution in [2.24, 2.45) is 0 Å². The van der Waals surface area contributed by atoms with E-state index in [1.54, 1.807) is 11.8 Å². The predicted octanol–water partition coefficient (Wildman–Crippen LogP) is 4.02. The van der Waals surface area contributed by atoms with Crippen LogP contribution in [0.3, 0.4) is 0 Å². The van der Waals surface area contributed by atoms with Crippen LogP contribution in [-0.2, 0) is 0 Å². The monoisotopic (exact) mass is 252 g/mol. The molecule has 18 heavy (non-hydrogen) atoms. The van der Waals surface area contributed by atoms with E-state index in [9.17, 15) is 0 Å². The van der Waals surface area contributed by atoms with Crippen LogP contribution < -0.4 is 0 Å². The Morgan fingerprint density at radius 1 is 0.778 bits per heavy atom. The molecule has 0 atom stereocenters. The van der Waals surface area contributed by atoms with Gasteiger partial charge in [0.25, 0.3) is 0 Å². The van der Waals surface area contributed by atoms with Crippen LogP contribution in [0.2, 0.25) is 0 Å². The Bertz CT molecular complexity index is 617. The van der Waals surface area contributed by atoms with E-state index >= 15 is 0 Å². The molecule has 1 aromatic heterocycles. The quantitative estimate of drug-likeness (QED) is 0.700. The van der Waals surface area contributed by atoms with E-state index < -0.39 is 0 Å². The van der Waals surface area contributed by atoms with Gasteiger partial charge in [-0.1, -0.05) is 48.2 Å². The van der Waals surface area contributed by atoms with Crippen molar-refractivity contribution in [1.29, 1.82) is 0 Å². The molecule has 0 fully saturated rings. The summed E-state index contributed by atoms with van der Waals surface area (Å²) in [5.41, 5.74) is 1.08. The molecule has 0 saturated carbocycles. The minimum absolute atomic E-state index is 1.08. The third kappa shape index (κ3) is 2.46. The highest BCUT2D eigenvalue weighted by atomic mass is 32.2. The van der Waals surface area contributed by atoms with E-state index in [-0.39, 0.29) is 0 Å². The van der Waals surface area contributed by atoms with Gasteiger partial charge in [-0.3, -0.25) is 0 Å². The Morgan fingerprint density at radius 3 is 2.17 bits per heavy atom. The molecule has 0 radical (unpaired) electrons. The standard InChI is InChI=1S/C15H12N2S/c1-3-7-13(8-4-1)17-12-15(11-16-17)18-14-9-5-2-6-10-14/h1-12H. The summed E-state index contributed by atoms with van der Waals surface area (Å²) in [7, 11) is 0. The Hall–Kier alpha value is -2.00. The average Bonchev–Trinajstić information content (AvgIpc) is 2.89. The van der Waals surface area contributed by atoms with Crippen LogP contribution in [-0.4, -0.2) is 9.78 Å². The first-order valence-corrected chi connectivity index (χ1v) is 6.56. The lowest BCUT2D eigenvalue weighted by Crippen LogP contribution is -1.92. The van der Waals surface area contributed by atoms with E-state index in [1.807, 2.05) is 65.6 Å². The lowest BCUT2D eigenvalue weighted by Gasteiger charge is -1.99. The normalized spacial score (nSPS) is 10.4. The lowest BCUT2D eigenvalue weighted by atomic mass is 10.3. The molecule has 88 valence electrons. The second-order valence-corrected chi connectivity index (χ2v) is 5.02. The zero-order valence-electron chi connectivity index (χ0n) is 9.73. The van der Waals surface area contributed by atoms with Crippen molar-refractivity contribution in [3.63, 3.8) is 0 Å². The van der Waals surface area contributed by atoms with E-state index in [0.717, 1.165) is 10.6 Å². The lowest BCUT2D eigenvalue weighted by molar-refractivity contribution is 0.880. The Kier molecular flexibility index (Phi) is 3.15. The summed E-state index contributed by atoms with van der Waals surface area (Å²) < 4.78 is 1.89. The van der Waals surface area contributed by atoms with E-state index in [1.165, 1.54) is 4.90 Å². The van der Waals surface area contributed by atoms with Crippen LogP contribution in [0.1, 0.15) is 0 Å². The van der Waals surface area contributed by atoms with Gasteiger partial charge < -0.3 is 0 Å². The molecule has 0 N–H and O–H groups in total. The van der Waals surface area contributed by atoms with E-state index in [4.69, 9.17) is 0 Å². The Morgan fingerprint density at radius 2 is 1.44 bits per heavy atom. The highest BCUT2D eigenvalue weighted by molar-refractivity contribution is 7.99. The molecule has 3 rings (SSSR count). The highest BCUT2D eigenvalue weighted by Gasteiger charge is 2.02. The molecule has 0 unspecified atom stereocenters. The maximum Gasteiger partial charge on any atom is 0.0646 e. The second-order valence-electron chi connectivity index (χ2n) is 3.87. The Labute approximate surface area is 110 Å². The molecule has 2 nitrogen and oxygen atoms in total. The highest BCUT2D eigenvalue weighted by Crippen LogP contribution is 2.27. The molecule has 3 aromatic rings. The van der Waals surface area contributed by atoms with E-state index in [2.05, 4.69) is 17.2 Å². The van der Waals surface area contributed by atoms with Crippen LogP contribution in [0.15, 0.2) is 82.8 Å². The molecule has 3 heteroatoms. The molecule has 0 spiro atoms. The first-order valence-electron chi connectivity index (χ1n) is 5.75. The largest absolute Gasteiger partial charge is 0.240 e. The van der Waals surface area contributed by atoms with Crippen molar-refractivity contribution in [2.45, 2.75) is 9.79 Å². The first-order chi connectivity index (χ1) is 8.92. The molecule has 0 saturated heterocycles. The summed E-state index contributed by atoms with van der Waals surface area (Å²) in [6.07, 6.45) is 3.94. The fourth-order valence-corrected chi connectivity index (χ4v) is 2.52. The molecule has 0 aliphatic heterocycles. The summed E-state index contributed by atoms with van der Waals surface area (Å²) in [6.45, 7) is 0. The van der Waals surface area contributed by atoms with Crippen LogP contribution in [0.5, 0.6) is 0 Å². The predicted molar refractivity (Wildman–Crippen MR) is 74.1 cm³/mol. The summed E-state index contributed by atoms with van der Waals surface area (Å²) in [4.78, 5) is 2.37. The number of nitrogens with zero attached hydrogens (tertiary/aromatic N) is 2. The van der Waals surface area contributed by atoms with Crippen molar-refractivity contribution in [3.8, 4) is 5.69 Å². The number of hydrogen-bond donors (Lipinski definition) is 0. The maximum atomic E-state index is 4.38. The van der Waals surface area contributed by atoms with Gasteiger partial charge in [-0.15, -0.1) is 0 Å². The smallest absolute Gasteiger partial charge is 0.0646 e. The van der Waals surface area contributed by atoms with Gasteiger partial charge in [0, 0.05) is 11.1 Å². The fourth-order valence-electron chi connectivity index (χ4n) is 1.71. The molecule has 0 bridgehead atoms. The van der Waals surface area contributed by atoms with Gasteiger partial charge in [0.1, 0.15) is 0 Å². The molecule has 0 aliphatic rings. The van der Waals surface area contributed by atoms with Crippen molar-refractivity contribution >= 4 is 11.8 Å². The number of benzene rings is 2. The topological polar surface area (TPSA) is 17.8 Å². The molecule has 0 amide bonds. The summed E-state index contributed by atoms with van der Waals surface area (Å²) in [5.74, 6) is 0. The van der Waals surface area contributed by atoms with Gasteiger partial charge in [0.05, 0.1) is 16.8 Å². The summed E-state index contributed by atoms with van der Waals surface area (Å²) in [6, 6.07) is 20.4. The zero-order chi connectivity index (χ0) is 12.2. The van der Waals surface area contributed by atoms with Crippen molar-refractivity contribution in [1.82, 2.24) is 9.78 Å². The molecule has 0 aliphatic carbocycles. The third-order valence-electron chi connectivity index (χ3n) is 2.56. The van der Waals surface area contributed by atoms with Crippen LogP contribution in [0, 0.1) is 0 Å². The van der Waals surface area contributed by atoms with Crippen LogP contribution in [0.25, 0.3) is 5.69 Å². The minimum atomic E-state index is 1.08. The fraction of sp³-hybridized carbons (Fsp3) is 0. The zero-order valence-corrected chi connectivity index (χ0v) is 10.5. The van der Waals surface area contributed by atoms with Gasteiger partial charge in [-0.2, -0.15) is 5.10 Å². The van der Waals surface area contributed by atoms with Crippen LogP contribution in [0.4, 0.5) is 0 Å². The van der Waals surface area contributed by atoms with Crippen molar-refractivity contribution in [3.05, 3.63) is 73.1 Å². The SMILES string of the molecule is c1ccc(Sc2cnn(-c3ccccc3)c2)cc1. The molecular formula is C15H12N2S. The van der Waals surface area contributed by atoms with Crippen LogP contribution >= 0.6 is 11.8 Å². The molecular weight excluding hydrogens is 240 g/mol. The van der Waals surface area contributed by atoms with Gasteiger partial charge in [-0.05, 0) is 24.3 Å². The van der Waals surface area contributed by atoms with E-state index in [0.29, 0.717) is 0 Å². The minimum Gasteiger partial charge on any atom is -0.240 e. The number of aromatic nitrogens is 2. The number of para-hydroxylation sites is 1. The average molecular weight is 252 g/mol. The van der Waals surface area contributed by atoms with Gasteiger partial charge in [0.15, 0.2) is 0 Å². The molecule has 2 aromatic carbocycles. The van der Waals surface area contributed by atoms with Gasteiger partial charge in [-0.25, -0.2) is 4.68 Å². The third-order valence-corrected chi connectivity index (χ3v) is 3.51. The first kappa shape index (κ1) is 11.1. The van der Waals surface area contributed by atoms with Crippen molar-refractivity contribution in [2.75, 3.05) is 0 Å². The second kappa shape index (κ2) is 5.10. The van der Waals surface area contributed by atoms with Crippen molar-refractivity contribution < 1.29 is 0 Å². The van der Waals surface area contributed by atoms with Gasteiger partial charge in [0.2, 0.25) is 0 Å². The maximum absolute atomic E-state index is 4.38. The summed E-state index contributed by atoms with van der Waals surface area (Å²) in [5, 5.41) is 4.38.